The summed E-state index contributed by atoms with van der Waals surface area (Å²) in [5, 5.41) is 12.8. The number of benzene rings is 1. The van der Waals surface area contributed by atoms with Gasteiger partial charge in [-0.3, -0.25) is 4.79 Å². The normalized spacial score (nSPS) is 17.1. The zero-order valence-electron chi connectivity index (χ0n) is 11.9. The summed E-state index contributed by atoms with van der Waals surface area (Å²) in [4.78, 5) is 14.5. The Morgan fingerprint density at radius 1 is 1.45 bits per heavy atom. The van der Waals surface area contributed by atoms with Gasteiger partial charge in [-0.1, -0.05) is 6.07 Å². The van der Waals surface area contributed by atoms with Gasteiger partial charge in [0, 0.05) is 32.2 Å². The second kappa shape index (κ2) is 6.72. The average Bonchev–Trinajstić information content (AvgIpc) is 2.41. The number of nitrogens with one attached hydrogen (secondary N) is 1. The van der Waals surface area contributed by atoms with Gasteiger partial charge in [-0.25, -0.2) is 0 Å². The third-order valence-corrected chi connectivity index (χ3v) is 3.77. The van der Waals surface area contributed by atoms with Crippen LogP contribution in [0.15, 0.2) is 18.2 Å². The largest absolute Gasteiger partial charge is 0.507 e. The molecule has 0 radical (unpaired) electrons. The van der Waals surface area contributed by atoms with Crippen molar-refractivity contribution in [3.8, 4) is 5.75 Å². The van der Waals surface area contributed by atoms with Crippen molar-refractivity contribution in [3.05, 3.63) is 29.3 Å². The monoisotopic (exact) mass is 277 g/mol. The molecule has 110 valence electrons. The van der Waals surface area contributed by atoms with Crippen molar-refractivity contribution < 1.29 is 9.90 Å². The number of piperidine rings is 1. The standard InChI is InChI=1S/C15H23N3O2/c1-11-2-3-13(14(19)10-11)15(20)17-12-4-7-18(8-5-12)9-6-16/h2-3,10,12,19H,4-9,16H2,1H3,(H,17,20). The first-order valence-corrected chi connectivity index (χ1v) is 7.13. The second-order valence-corrected chi connectivity index (χ2v) is 5.40. The van der Waals surface area contributed by atoms with Gasteiger partial charge in [0.05, 0.1) is 5.56 Å². The van der Waals surface area contributed by atoms with Crippen molar-refractivity contribution in [3.63, 3.8) is 0 Å². The highest BCUT2D eigenvalue weighted by Gasteiger charge is 2.21. The molecule has 0 bridgehead atoms. The average molecular weight is 277 g/mol. The van der Waals surface area contributed by atoms with Gasteiger partial charge in [0.1, 0.15) is 5.75 Å². The van der Waals surface area contributed by atoms with Crippen LogP contribution in [0.2, 0.25) is 0 Å². The fourth-order valence-electron chi connectivity index (χ4n) is 2.58. The predicted molar refractivity (Wildman–Crippen MR) is 78.8 cm³/mol. The zero-order chi connectivity index (χ0) is 14.5. The Labute approximate surface area is 119 Å². The lowest BCUT2D eigenvalue weighted by Gasteiger charge is -2.32. The number of aromatic hydroxyl groups is 1. The minimum atomic E-state index is -0.195. The van der Waals surface area contributed by atoms with Crippen LogP contribution in [-0.2, 0) is 0 Å². The highest BCUT2D eigenvalue weighted by molar-refractivity contribution is 5.97. The molecule has 1 aromatic carbocycles. The van der Waals surface area contributed by atoms with E-state index in [1.807, 2.05) is 13.0 Å². The van der Waals surface area contributed by atoms with Crippen molar-refractivity contribution in [2.24, 2.45) is 5.73 Å². The fraction of sp³-hybridized carbons (Fsp3) is 0.533. The third kappa shape index (κ3) is 3.71. The first kappa shape index (κ1) is 14.8. The lowest BCUT2D eigenvalue weighted by atomic mass is 10.0. The number of amides is 1. The Hall–Kier alpha value is -1.59. The molecule has 1 saturated heterocycles. The van der Waals surface area contributed by atoms with E-state index in [2.05, 4.69) is 10.2 Å². The molecule has 2 rings (SSSR count). The van der Waals surface area contributed by atoms with Crippen LogP contribution in [-0.4, -0.2) is 48.1 Å². The topological polar surface area (TPSA) is 78.6 Å². The van der Waals surface area contributed by atoms with Gasteiger partial charge in [-0.05, 0) is 37.5 Å². The van der Waals surface area contributed by atoms with Gasteiger partial charge in [0.2, 0.25) is 0 Å². The summed E-state index contributed by atoms with van der Waals surface area (Å²) in [6.07, 6.45) is 1.86. The van der Waals surface area contributed by atoms with Crippen LogP contribution in [0, 0.1) is 6.92 Å². The minimum absolute atomic E-state index is 0.0445. The predicted octanol–water partition coefficient (Wildman–Crippen LogP) is 0.854. The number of hydrogen-bond acceptors (Lipinski definition) is 4. The number of carbonyl (C=O) groups is 1. The molecule has 0 aliphatic carbocycles. The Kier molecular flexibility index (Phi) is 4.98. The van der Waals surface area contributed by atoms with E-state index in [4.69, 9.17) is 5.73 Å². The fourth-order valence-corrected chi connectivity index (χ4v) is 2.58. The van der Waals surface area contributed by atoms with Gasteiger partial charge in [-0.2, -0.15) is 0 Å². The zero-order valence-corrected chi connectivity index (χ0v) is 11.9. The number of rotatable bonds is 4. The molecule has 0 unspecified atom stereocenters. The lowest BCUT2D eigenvalue weighted by Crippen LogP contribution is -2.45. The number of hydrogen-bond donors (Lipinski definition) is 3. The summed E-state index contributed by atoms with van der Waals surface area (Å²) >= 11 is 0. The molecule has 0 atom stereocenters. The number of aryl methyl sites for hydroxylation is 1. The van der Waals surface area contributed by atoms with Crippen LogP contribution in [0.1, 0.15) is 28.8 Å². The molecule has 0 spiro atoms. The van der Waals surface area contributed by atoms with Gasteiger partial charge in [0.15, 0.2) is 0 Å². The summed E-state index contributed by atoms with van der Waals surface area (Å²) in [6, 6.07) is 5.29. The van der Waals surface area contributed by atoms with Crippen LogP contribution in [0.3, 0.4) is 0 Å². The molecular weight excluding hydrogens is 254 g/mol. The maximum absolute atomic E-state index is 12.1. The summed E-state index contributed by atoms with van der Waals surface area (Å²) in [5.74, 6) is -0.150. The molecule has 0 aromatic heterocycles. The van der Waals surface area contributed by atoms with Crippen LogP contribution in [0.5, 0.6) is 5.75 Å². The Morgan fingerprint density at radius 3 is 2.75 bits per heavy atom. The van der Waals surface area contributed by atoms with Crippen LogP contribution in [0.4, 0.5) is 0 Å². The molecule has 5 heteroatoms. The maximum atomic E-state index is 12.1. The molecule has 0 saturated carbocycles. The molecule has 1 amide bonds. The number of nitrogens with zero attached hydrogens (tertiary/aromatic N) is 1. The minimum Gasteiger partial charge on any atom is -0.507 e. The number of phenols is 1. The van der Waals surface area contributed by atoms with Gasteiger partial charge >= 0.3 is 0 Å². The van der Waals surface area contributed by atoms with E-state index in [1.165, 1.54) is 0 Å². The van der Waals surface area contributed by atoms with Crippen molar-refractivity contribution in [2.75, 3.05) is 26.2 Å². The summed E-state index contributed by atoms with van der Waals surface area (Å²) in [5.41, 5.74) is 6.83. The maximum Gasteiger partial charge on any atom is 0.255 e. The van der Waals surface area contributed by atoms with Gasteiger partial charge < -0.3 is 21.1 Å². The second-order valence-electron chi connectivity index (χ2n) is 5.40. The summed E-state index contributed by atoms with van der Waals surface area (Å²) in [7, 11) is 0. The van der Waals surface area contributed by atoms with Crippen LogP contribution in [0.25, 0.3) is 0 Å². The first-order valence-electron chi connectivity index (χ1n) is 7.13. The molecule has 1 aromatic rings. The lowest BCUT2D eigenvalue weighted by molar-refractivity contribution is 0.0909. The molecule has 4 N–H and O–H groups in total. The molecular formula is C15H23N3O2. The van der Waals surface area contributed by atoms with Crippen LogP contribution < -0.4 is 11.1 Å². The first-order chi connectivity index (χ1) is 9.60. The van der Waals surface area contributed by atoms with Crippen molar-refractivity contribution in [1.29, 1.82) is 0 Å². The van der Waals surface area contributed by atoms with E-state index in [1.54, 1.807) is 12.1 Å². The van der Waals surface area contributed by atoms with E-state index in [-0.39, 0.29) is 17.7 Å². The highest BCUT2D eigenvalue weighted by Crippen LogP contribution is 2.19. The SMILES string of the molecule is Cc1ccc(C(=O)NC2CCN(CCN)CC2)c(O)c1. The van der Waals surface area contributed by atoms with E-state index in [9.17, 15) is 9.90 Å². The van der Waals surface area contributed by atoms with E-state index in [0.29, 0.717) is 12.1 Å². The third-order valence-electron chi connectivity index (χ3n) is 3.77. The smallest absolute Gasteiger partial charge is 0.255 e. The molecule has 1 heterocycles. The molecule has 5 nitrogen and oxygen atoms in total. The number of phenolic OH excluding ortho intramolecular Hbond substituents is 1. The molecule has 1 fully saturated rings. The highest BCUT2D eigenvalue weighted by atomic mass is 16.3. The summed E-state index contributed by atoms with van der Waals surface area (Å²) in [6.45, 7) is 5.40. The van der Waals surface area contributed by atoms with E-state index < -0.39 is 0 Å². The van der Waals surface area contributed by atoms with E-state index in [0.717, 1.165) is 38.0 Å². The number of nitrogens with two attached hydrogens (primary N) is 1. The van der Waals surface area contributed by atoms with Gasteiger partial charge in [0.25, 0.3) is 5.91 Å². The Morgan fingerprint density at radius 2 is 2.15 bits per heavy atom. The van der Waals surface area contributed by atoms with Crippen molar-refractivity contribution in [1.82, 2.24) is 10.2 Å². The number of carbonyl (C=O) groups excluding carboxylic acids is 1. The van der Waals surface area contributed by atoms with Crippen molar-refractivity contribution in [2.45, 2.75) is 25.8 Å². The molecule has 1 aliphatic heterocycles. The Balaban J connectivity index is 1.89. The van der Waals surface area contributed by atoms with Crippen LogP contribution >= 0.6 is 0 Å². The van der Waals surface area contributed by atoms with E-state index >= 15 is 0 Å². The van der Waals surface area contributed by atoms with Crippen molar-refractivity contribution >= 4 is 5.91 Å². The molecule has 20 heavy (non-hydrogen) atoms. The quantitative estimate of drug-likeness (QED) is 0.762. The number of likely N-dealkylation sites (tertiary alicyclic amines) is 1. The van der Waals surface area contributed by atoms with Gasteiger partial charge in [-0.15, -0.1) is 0 Å². The summed E-state index contributed by atoms with van der Waals surface area (Å²) < 4.78 is 0. The Bertz CT molecular complexity index is 468. The molecule has 1 aliphatic rings.